The molecule has 0 saturated heterocycles. The van der Waals surface area contributed by atoms with Gasteiger partial charge in [-0.1, -0.05) is 6.92 Å². The van der Waals surface area contributed by atoms with Crippen molar-refractivity contribution < 1.29 is 27.1 Å². The molecule has 2 N–H and O–H groups in total. The number of nitrogens with one attached hydrogen (secondary N) is 1. The highest BCUT2D eigenvalue weighted by Gasteiger charge is 2.21. The average Bonchev–Trinajstić information content (AvgIpc) is 2.21. The third-order valence-electron chi connectivity index (χ3n) is 2.09. The Morgan fingerprint density at radius 1 is 1.44 bits per heavy atom. The summed E-state index contributed by atoms with van der Waals surface area (Å²) in [6.07, 6.45) is 0. The Morgan fingerprint density at radius 2 is 2.06 bits per heavy atom. The van der Waals surface area contributed by atoms with Crippen LogP contribution in [0.5, 0.6) is 0 Å². The molecule has 0 aliphatic rings. The first-order chi connectivity index (χ1) is 8.21. The number of carboxylic acid groups (broad SMARTS) is 1. The second-order valence-electron chi connectivity index (χ2n) is 3.75. The zero-order valence-corrected chi connectivity index (χ0v) is 10.2. The van der Waals surface area contributed by atoms with Gasteiger partial charge >= 0.3 is 5.97 Å². The molecule has 1 aromatic carbocycles. The van der Waals surface area contributed by atoms with Crippen LogP contribution in [0.2, 0.25) is 0 Å². The quantitative estimate of drug-likeness (QED) is 0.854. The monoisotopic (exact) mass is 279 g/mol. The number of anilines is 1. The summed E-state index contributed by atoms with van der Waals surface area (Å²) in [5.74, 6) is -5.01. The first-order valence-electron chi connectivity index (χ1n) is 4.89. The molecule has 0 aromatic heterocycles. The minimum Gasteiger partial charge on any atom is -0.481 e. The Kier molecular flexibility index (Phi) is 4.23. The number of halogens is 2. The van der Waals surface area contributed by atoms with Crippen LogP contribution in [0.1, 0.15) is 6.92 Å². The maximum Gasteiger partial charge on any atom is 0.307 e. The van der Waals surface area contributed by atoms with Gasteiger partial charge in [-0.25, -0.2) is 17.2 Å². The fraction of sp³-hybridized carbons (Fsp3) is 0.300. The standard InChI is InChI=1S/C10H11F2NO4S/c1-6(10(14)15)5-18(16,17)13-9-3-2-7(11)4-8(9)12/h2-4,6,13H,5H2,1H3,(H,14,15)/t6-/m0/s1. The van der Waals surface area contributed by atoms with Crippen LogP contribution in [0.25, 0.3) is 0 Å². The van der Waals surface area contributed by atoms with E-state index in [1.807, 2.05) is 4.72 Å². The van der Waals surface area contributed by atoms with Crippen molar-refractivity contribution in [1.29, 1.82) is 0 Å². The largest absolute Gasteiger partial charge is 0.481 e. The summed E-state index contributed by atoms with van der Waals surface area (Å²) < 4.78 is 50.7. The lowest BCUT2D eigenvalue weighted by Crippen LogP contribution is -2.26. The number of rotatable bonds is 5. The summed E-state index contributed by atoms with van der Waals surface area (Å²) in [6.45, 7) is 1.21. The van der Waals surface area contributed by atoms with Gasteiger partial charge in [0, 0.05) is 6.07 Å². The number of aliphatic carboxylic acids is 1. The minimum absolute atomic E-state index is 0.422. The van der Waals surface area contributed by atoms with Gasteiger partial charge in [0.25, 0.3) is 0 Å². The van der Waals surface area contributed by atoms with E-state index in [0.717, 1.165) is 12.1 Å². The highest BCUT2D eigenvalue weighted by molar-refractivity contribution is 7.92. The van der Waals surface area contributed by atoms with Crippen molar-refractivity contribution in [1.82, 2.24) is 0 Å². The number of hydrogen-bond acceptors (Lipinski definition) is 3. The van der Waals surface area contributed by atoms with Crippen LogP contribution in [-0.2, 0) is 14.8 Å². The first-order valence-corrected chi connectivity index (χ1v) is 6.55. The molecule has 1 atom stereocenters. The summed E-state index contributed by atoms with van der Waals surface area (Å²) in [5.41, 5.74) is -0.422. The molecule has 8 heteroatoms. The molecule has 0 unspecified atom stereocenters. The predicted molar refractivity (Wildman–Crippen MR) is 60.6 cm³/mol. The lowest BCUT2D eigenvalue weighted by molar-refractivity contribution is -0.140. The molecular formula is C10H11F2NO4S. The molecule has 0 heterocycles. The van der Waals surface area contributed by atoms with Crippen molar-refractivity contribution in [2.24, 2.45) is 5.92 Å². The van der Waals surface area contributed by atoms with Crippen molar-refractivity contribution in [3.8, 4) is 0 Å². The van der Waals surface area contributed by atoms with E-state index in [-0.39, 0.29) is 0 Å². The Morgan fingerprint density at radius 3 is 2.56 bits per heavy atom. The van der Waals surface area contributed by atoms with Crippen molar-refractivity contribution in [3.63, 3.8) is 0 Å². The van der Waals surface area contributed by atoms with Crippen LogP contribution in [0.15, 0.2) is 18.2 Å². The van der Waals surface area contributed by atoms with Gasteiger partial charge in [0.05, 0.1) is 17.4 Å². The SMILES string of the molecule is C[C@@H](CS(=O)(=O)Nc1ccc(F)cc1F)C(=O)O. The number of carboxylic acids is 1. The fourth-order valence-corrected chi connectivity index (χ4v) is 2.57. The Labute approximate surface area is 102 Å². The molecule has 0 amide bonds. The maximum atomic E-state index is 13.2. The molecule has 5 nitrogen and oxygen atoms in total. The molecule has 1 rings (SSSR count). The van der Waals surface area contributed by atoms with Gasteiger partial charge < -0.3 is 5.11 Å². The molecule has 0 bridgehead atoms. The maximum absolute atomic E-state index is 13.2. The van der Waals surface area contributed by atoms with Gasteiger partial charge in [-0.2, -0.15) is 0 Å². The van der Waals surface area contributed by atoms with Crippen molar-refractivity contribution in [3.05, 3.63) is 29.8 Å². The molecule has 0 aliphatic heterocycles. The van der Waals surface area contributed by atoms with Gasteiger partial charge in [0.2, 0.25) is 10.0 Å². The molecular weight excluding hydrogens is 268 g/mol. The number of carbonyl (C=O) groups is 1. The topological polar surface area (TPSA) is 83.5 Å². The molecule has 0 aliphatic carbocycles. The second-order valence-corrected chi connectivity index (χ2v) is 5.51. The Balaban J connectivity index is 2.86. The third-order valence-corrected chi connectivity index (χ3v) is 3.56. The van der Waals surface area contributed by atoms with E-state index >= 15 is 0 Å². The lowest BCUT2D eigenvalue weighted by atomic mass is 10.2. The second kappa shape index (κ2) is 5.30. The van der Waals surface area contributed by atoms with Gasteiger partial charge in [-0.3, -0.25) is 9.52 Å². The first kappa shape index (κ1) is 14.4. The van der Waals surface area contributed by atoms with E-state index in [1.165, 1.54) is 6.92 Å². The van der Waals surface area contributed by atoms with Gasteiger partial charge in [-0.05, 0) is 12.1 Å². The summed E-state index contributed by atoms with van der Waals surface area (Å²) in [7, 11) is -4.01. The lowest BCUT2D eigenvalue weighted by Gasteiger charge is -2.10. The number of benzene rings is 1. The normalized spacial score (nSPS) is 13.1. The van der Waals surface area contributed by atoms with E-state index < -0.39 is 45.0 Å². The minimum atomic E-state index is -4.01. The van der Waals surface area contributed by atoms with Crippen LogP contribution < -0.4 is 4.72 Å². The van der Waals surface area contributed by atoms with Crippen LogP contribution in [-0.4, -0.2) is 25.2 Å². The molecule has 0 fully saturated rings. The smallest absolute Gasteiger partial charge is 0.307 e. The Bertz CT molecular complexity index is 559. The molecule has 100 valence electrons. The predicted octanol–water partition coefficient (Wildman–Crippen LogP) is 1.43. The van der Waals surface area contributed by atoms with Crippen LogP contribution in [0.4, 0.5) is 14.5 Å². The summed E-state index contributed by atoms with van der Waals surface area (Å²) in [4.78, 5) is 10.5. The van der Waals surface area contributed by atoms with E-state index in [4.69, 9.17) is 5.11 Å². The van der Waals surface area contributed by atoms with Gasteiger partial charge in [-0.15, -0.1) is 0 Å². The van der Waals surface area contributed by atoms with Crippen LogP contribution >= 0.6 is 0 Å². The number of sulfonamides is 1. The zero-order chi connectivity index (χ0) is 13.9. The summed E-state index contributed by atoms with van der Waals surface area (Å²) in [5, 5.41) is 8.59. The van der Waals surface area contributed by atoms with E-state index in [2.05, 4.69) is 0 Å². The van der Waals surface area contributed by atoms with Crippen molar-refractivity contribution in [2.75, 3.05) is 10.5 Å². The highest BCUT2D eigenvalue weighted by atomic mass is 32.2. The van der Waals surface area contributed by atoms with Crippen LogP contribution in [0, 0.1) is 17.6 Å². The van der Waals surface area contributed by atoms with E-state index in [9.17, 15) is 22.0 Å². The molecule has 0 spiro atoms. The summed E-state index contributed by atoms with van der Waals surface area (Å²) >= 11 is 0. The molecule has 0 radical (unpaired) electrons. The van der Waals surface area contributed by atoms with Crippen molar-refractivity contribution >= 4 is 21.7 Å². The van der Waals surface area contributed by atoms with Gasteiger partial charge in [0.1, 0.15) is 11.6 Å². The summed E-state index contributed by atoms with van der Waals surface area (Å²) in [6, 6.07) is 2.34. The average molecular weight is 279 g/mol. The third kappa shape index (κ3) is 3.95. The Hall–Kier alpha value is -1.70. The molecule has 1 aromatic rings. The van der Waals surface area contributed by atoms with Crippen molar-refractivity contribution in [2.45, 2.75) is 6.92 Å². The fourth-order valence-electron chi connectivity index (χ4n) is 1.18. The van der Waals surface area contributed by atoms with Crippen LogP contribution in [0.3, 0.4) is 0 Å². The highest BCUT2D eigenvalue weighted by Crippen LogP contribution is 2.17. The zero-order valence-electron chi connectivity index (χ0n) is 9.35. The van der Waals surface area contributed by atoms with E-state index in [0.29, 0.717) is 6.07 Å². The van der Waals surface area contributed by atoms with Gasteiger partial charge in [0.15, 0.2) is 0 Å². The molecule has 18 heavy (non-hydrogen) atoms. The van der Waals surface area contributed by atoms with E-state index in [1.54, 1.807) is 0 Å². The molecule has 0 saturated carbocycles. The number of hydrogen-bond donors (Lipinski definition) is 2.